The second-order valence-electron chi connectivity index (χ2n) is 5.80. The summed E-state index contributed by atoms with van der Waals surface area (Å²) in [4.78, 5) is 16.5. The summed E-state index contributed by atoms with van der Waals surface area (Å²) < 4.78 is 1.00. The Morgan fingerprint density at radius 1 is 1.17 bits per heavy atom. The van der Waals surface area contributed by atoms with Gasteiger partial charge in [0.2, 0.25) is 0 Å². The van der Waals surface area contributed by atoms with Crippen LogP contribution in [0.1, 0.15) is 24.2 Å². The van der Waals surface area contributed by atoms with Crippen LogP contribution in [0.2, 0.25) is 5.02 Å². The summed E-state index contributed by atoms with van der Waals surface area (Å²) in [6.07, 6.45) is 1.72. The predicted octanol–water partition coefficient (Wildman–Crippen LogP) is 4.82. The van der Waals surface area contributed by atoms with Gasteiger partial charge in [-0.25, -0.2) is 0 Å². The highest BCUT2D eigenvalue weighted by Gasteiger charge is 2.19. The fraction of sp³-hybridized carbons (Fsp3) is 0.222. The molecule has 3 nitrogen and oxygen atoms in total. The number of amides is 1. The van der Waals surface area contributed by atoms with Gasteiger partial charge >= 0.3 is 0 Å². The number of carbonyl (C=O) groups excluding carboxylic acids is 1. The van der Waals surface area contributed by atoms with Gasteiger partial charge in [-0.15, -0.1) is 0 Å². The van der Waals surface area contributed by atoms with Crippen LogP contribution in [0.15, 0.2) is 47.5 Å². The second kappa shape index (κ2) is 7.45. The van der Waals surface area contributed by atoms with Crippen molar-refractivity contribution in [2.24, 2.45) is 4.99 Å². The number of hydrogen-bond acceptors (Lipinski definition) is 2. The minimum absolute atomic E-state index is 0.122. The Hall–Kier alpha value is -1.40. The molecular weight excluding hydrogens is 423 g/mol. The van der Waals surface area contributed by atoms with Gasteiger partial charge in [0.25, 0.3) is 5.91 Å². The first-order chi connectivity index (χ1) is 10.8. The topological polar surface area (TPSA) is 41.5 Å². The molecule has 2 aromatic carbocycles. The summed E-state index contributed by atoms with van der Waals surface area (Å²) in [5, 5.41) is 3.67. The van der Waals surface area contributed by atoms with Gasteiger partial charge in [-0.05, 0) is 77.9 Å². The van der Waals surface area contributed by atoms with Crippen LogP contribution in [0, 0.1) is 3.57 Å². The Labute approximate surface area is 155 Å². The van der Waals surface area contributed by atoms with Crippen LogP contribution in [0.25, 0.3) is 11.1 Å². The Bertz CT molecular complexity index is 739. The quantitative estimate of drug-likeness (QED) is 0.537. The molecule has 0 aliphatic rings. The van der Waals surface area contributed by atoms with E-state index in [1.165, 1.54) is 0 Å². The van der Waals surface area contributed by atoms with Gasteiger partial charge < -0.3 is 5.32 Å². The molecule has 0 saturated carbocycles. The molecule has 0 saturated heterocycles. The van der Waals surface area contributed by atoms with Gasteiger partial charge in [0, 0.05) is 27.4 Å². The normalized spacial score (nSPS) is 11.7. The Balaban J connectivity index is 2.33. The van der Waals surface area contributed by atoms with Crippen LogP contribution in [-0.2, 0) is 0 Å². The largest absolute Gasteiger partial charge is 0.342 e. The fourth-order valence-electron chi connectivity index (χ4n) is 2.25. The second-order valence-corrected chi connectivity index (χ2v) is 7.48. The van der Waals surface area contributed by atoms with Crippen LogP contribution in [0.3, 0.4) is 0 Å². The lowest BCUT2D eigenvalue weighted by molar-refractivity contribution is 0.0933. The maximum atomic E-state index is 12.5. The standard InChI is InChI=1S/C18H18ClIN2O/c1-18(2,11-21-3)22-17(23)14-8-13(9-16(20)10-14)12-4-6-15(19)7-5-12/h4-11H,1-3H3,(H,22,23)/b21-11-. The molecule has 120 valence electrons. The van der Waals surface area contributed by atoms with Crippen molar-refractivity contribution in [2.75, 3.05) is 7.05 Å². The zero-order valence-electron chi connectivity index (χ0n) is 13.2. The SMILES string of the molecule is C/N=C\C(C)(C)NC(=O)c1cc(I)cc(-c2ccc(Cl)cc2)c1. The van der Waals surface area contributed by atoms with Gasteiger partial charge in [-0.3, -0.25) is 9.79 Å². The fourth-order valence-corrected chi connectivity index (χ4v) is 3.05. The number of nitrogens with zero attached hydrogens (tertiary/aromatic N) is 1. The Morgan fingerprint density at radius 2 is 1.83 bits per heavy atom. The van der Waals surface area contributed by atoms with Crippen molar-refractivity contribution < 1.29 is 4.79 Å². The lowest BCUT2D eigenvalue weighted by atomic mass is 10.0. The number of carbonyl (C=O) groups is 1. The molecule has 1 N–H and O–H groups in total. The van der Waals surface area contributed by atoms with Gasteiger partial charge in [0.15, 0.2) is 0 Å². The van der Waals surface area contributed by atoms with E-state index >= 15 is 0 Å². The van der Waals surface area contributed by atoms with Crippen LogP contribution in [0.5, 0.6) is 0 Å². The third kappa shape index (κ3) is 5.04. The van der Waals surface area contributed by atoms with Crippen molar-refractivity contribution >= 4 is 46.3 Å². The van der Waals surface area contributed by atoms with E-state index in [2.05, 4.69) is 32.9 Å². The van der Waals surface area contributed by atoms with Crippen LogP contribution >= 0.6 is 34.2 Å². The number of aliphatic imine (C=N–C) groups is 1. The molecule has 0 aromatic heterocycles. The first-order valence-electron chi connectivity index (χ1n) is 7.13. The molecule has 2 rings (SSSR count). The van der Waals surface area contributed by atoms with Crippen molar-refractivity contribution in [3.63, 3.8) is 0 Å². The molecule has 2 aromatic rings. The number of benzene rings is 2. The third-order valence-electron chi connectivity index (χ3n) is 3.23. The molecule has 0 heterocycles. The minimum Gasteiger partial charge on any atom is -0.342 e. The van der Waals surface area contributed by atoms with E-state index in [-0.39, 0.29) is 5.91 Å². The molecule has 0 bridgehead atoms. The number of nitrogens with one attached hydrogen (secondary N) is 1. The first-order valence-corrected chi connectivity index (χ1v) is 8.59. The lowest BCUT2D eigenvalue weighted by Crippen LogP contribution is -2.44. The van der Waals surface area contributed by atoms with E-state index in [1.54, 1.807) is 13.3 Å². The Morgan fingerprint density at radius 3 is 2.43 bits per heavy atom. The molecule has 0 fully saturated rings. The third-order valence-corrected chi connectivity index (χ3v) is 4.10. The molecule has 0 spiro atoms. The van der Waals surface area contributed by atoms with E-state index < -0.39 is 5.54 Å². The number of halogens is 2. The highest BCUT2D eigenvalue weighted by molar-refractivity contribution is 14.1. The van der Waals surface area contributed by atoms with Crippen LogP contribution in [-0.4, -0.2) is 24.7 Å². The molecule has 0 aliphatic carbocycles. The zero-order chi connectivity index (χ0) is 17.0. The maximum Gasteiger partial charge on any atom is 0.252 e. The highest BCUT2D eigenvalue weighted by atomic mass is 127. The van der Waals surface area contributed by atoms with Crippen molar-refractivity contribution in [1.29, 1.82) is 0 Å². The Kier molecular flexibility index (Phi) is 5.81. The van der Waals surface area contributed by atoms with Gasteiger partial charge in [0.1, 0.15) is 0 Å². The van der Waals surface area contributed by atoms with Crippen molar-refractivity contribution in [2.45, 2.75) is 19.4 Å². The van der Waals surface area contributed by atoms with Crippen LogP contribution < -0.4 is 5.32 Å². The molecule has 5 heteroatoms. The van der Waals surface area contributed by atoms with Crippen molar-refractivity contribution in [1.82, 2.24) is 5.32 Å². The average Bonchev–Trinajstić information content (AvgIpc) is 2.46. The van der Waals surface area contributed by atoms with E-state index in [1.807, 2.05) is 56.3 Å². The smallest absolute Gasteiger partial charge is 0.252 e. The van der Waals surface area contributed by atoms with Crippen LogP contribution in [0.4, 0.5) is 0 Å². The summed E-state index contributed by atoms with van der Waals surface area (Å²) in [5.74, 6) is -0.122. The summed E-state index contributed by atoms with van der Waals surface area (Å²) in [5.41, 5.74) is 2.14. The summed E-state index contributed by atoms with van der Waals surface area (Å²) in [6.45, 7) is 3.82. The van der Waals surface area contributed by atoms with Gasteiger partial charge in [-0.1, -0.05) is 23.7 Å². The van der Waals surface area contributed by atoms with E-state index in [4.69, 9.17) is 11.6 Å². The van der Waals surface area contributed by atoms with Crippen molar-refractivity contribution in [3.8, 4) is 11.1 Å². The molecule has 0 aliphatic heterocycles. The van der Waals surface area contributed by atoms with E-state index in [0.717, 1.165) is 14.7 Å². The molecule has 0 radical (unpaired) electrons. The zero-order valence-corrected chi connectivity index (χ0v) is 16.1. The molecule has 23 heavy (non-hydrogen) atoms. The molecule has 0 atom stereocenters. The maximum absolute atomic E-state index is 12.5. The first kappa shape index (κ1) is 17.9. The van der Waals surface area contributed by atoms with E-state index in [9.17, 15) is 4.79 Å². The number of hydrogen-bond donors (Lipinski definition) is 1. The minimum atomic E-state index is -0.493. The molecule has 0 unspecified atom stereocenters. The lowest BCUT2D eigenvalue weighted by Gasteiger charge is -2.21. The van der Waals surface area contributed by atoms with Gasteiger partial charge in [-0.2, -0.15) is 0 Å². The summed E-state index contributed by atoms with van der Waals surface area (Å²) >= 11 is 8.16. The van der Waals surface area contributed by atoms with Crippen molar-refractivity contribution in [3.05, 3.63) is 56.6 Å². The summed E-state index contributed by atoms with van der Waals surface area (Å²) in [7, 11) is 1.69. The monoisotopic (exact) mass is 440 g/mol. The average molecular weight is 441 g/mol. The predicted molar refractivity (Wildman–Crippen MR) is 106 cm³/mol. The summed E-state index contributed by atoms with van der Waals surface area (Å²) in [6, 6.07) is 13.4. The molecule has 1 amide bonds. The number of rotatable bonds is 4. The molecular formula is C18H18ClIN2O. The van der Waals surface area contributed by atoms with E-state index in [0.29, 0.717) is 10.6 Å². The highest BCUT2D eigenvalue weighted by Crippen LogP contribution is 2.25. The van der Waals surface area contributed by atoms with Gasteiger partial charge in [0.05, 0.1) is 5.54 Å².